The molecule has 1 aromatic carbocycles. The molecule has 2 aliphatic carbocycles. The maximum atomic E-state index is 11.7. The van der Waals surface area contributed by atoms with Gasteiger partial charge in [-0.3, -0.25) is 9.78 Å². The lowest BCUT2D eigenvalue weighted by Gasteiger charge is -2.37. The molecule has 30 heavy (non-hydrogen) atoms. The molecule has 3 aromatic rings. The number of H-pyrrole nitrogens is 1. The SMILES string of the molecule is Cc1nc(C)c(-c2ccc3c(c2)CCC32CCC(c3nn[nH]n3)CC2)nc1C(N)=O. The van der Waals surface area contributed by atoms with E-state index in [9.17, 15) is 4.79 Å². The maximum Gasteiger partial charge on any atom is 0.269 e. The van der Waals surface area contributed by atoms with E-state index in [0.717, 1.165) is 54.9 Å². The van der Waals surface area contributed by atoms with Crippen molar-refractivity contribution in [2.75, 3.05) is 0 Å². The second kappa shape index (κ2) is 6.97. The third kappa shape index (κ3) is 2.98. The van der Waals surface area contributed by atoms with Gasteiger partial charge in [-0.1, -0.05) is 17.3 Å². The largest absolute Gasteiger partial charge is 0.364 e. The Balaban J connectivity index is 1.44. The minimum atomic E-state index is -0.542. The van der Waals surface area contributed by atoms with Gasteiger partial charge in [-0.25, -0.2) is 4.98 Å². The first-order chi connectivity index (χ1) is 14.5. The van der Waals surface area contributed by atoms with E-state index in [1.54, 1.807) is 6.92 Å². The molecule has 8 heteroatoms. The molecule has 1 amide bonds. The Hall–Kier alpha value is -3.16. The van der Waals surface area contributed by atoms with Crippen LogP contribution in [0.15, 0.2) is 18.2 Å². The highest BCUT2D eigenvalue weighted by atomic mass is 16.1. The average molecular weight is 403 g/mol. The van der Waals surface area contributed by atoms with Gasteiger partial charge in [0.2, 0.25) is 0 Å². The quantitative estimate of drug-likeness (QED) is 0.693. The number of amides is 1. The molecular weight excluding hydrogens is 378 g/mol. The van der Waals surface area contributed by atoms with Crippen molar-refractivity contribution in [3.05, 3.63) is 52.2 Å². The number of hydrogen-bond donors (Lipinski definition) is 2. The number of aromatic nitrogens is 6. The van der Waals surface area contributed by atoms with E-state index in [4.69, 9.17) is 5.73 Å². The van der Waals surface area contributed by atoms with E-state index >= 15 is 0 Å². The molecule has 154 valence electrons. The van der Waals surface area contributed by atoms with Crippen LogP contribution in [-0.4, -0.2) is 36.5 Å². The van der Waals surface area contributed by atoms with Gasteiger partial charge in [-0.15, -0.1) is 10.2 Å². The Morgan fingerprint density at radius 1 is 1.13 bits per heavy atom. The lowest BCUT2D eigenvalue weighted by molar-refractivity contribution is 0.0994. The molecule has 1 spiro atoms. The van der Waals surface area contributed by atoms with Crippen LogP contribution in [0.5, 0.6) is 0 Å². The van der Waals surface area contributed by atoms with Gasteiger partial charge in [-0.2, -0.15) is 5.21 Å². The van der Waals surface area contributed by atoms with Crippen LogP contribution in [0.3, 0.4) is 0 Å². The zero-order valence-electron chi connectivity index (χ0n) is 17.3. The number of rotatable bonds is 3. The van der Waals surface area contributed by atoms with Gasteiger partial charge in [0.25, 0.3) is 5.91 Å². The van der Waals surface area contributed by atoms with Crippen LogP contribution in [0.25, 0.3) is 11.3 Å². The second-order valence-corrected chi connectivity index (χ2v) is 8.65. The molecule has 1 saturated carbocycles. The molecule has 2 aliphatic rings. The molecule has 0 atom stereocenters. The summed E-state index contributed by atoms with van der Waals surface area (Å²) in [4.78, 5) is 20.8. The number of aromatic amines is 1. The van der Waals surface area contributed by atoms with E-state index in [-0.39, 0.29) is 11.1 Å². The van der Waals surface area contributed by atoms with Gasteiger partial charge in [0, 0.05) is 11.5 Å². The minimum Gasteiger partial charge on any atom is -0.364 e. The van der Waals surface area contributed by atoms with E-state index in [0.29, 0.717) is 11.6 Å². The monoisotopic (exact) mass is 403 g/mol. The van der Waals surface area contributed by atoms with Crippen LogP contribution in [0, 0.1) is 13.8 Å². The number of benzene rings is 1. The van der Waals surface area contributed by atoms with Gasteiger partial charge < -0.3 is 5.73 Å². The minimum absolute atomic E-state index is 0.243. The number of nitrogens with one attached hydrogen (secondary N) is 1. The third-order valence-electron chi connectivity index (χ3n) is 6.97. The number of aryl methyl sites for hydroxylation is 3. The number of nitrogens with zero attached hydrogens (tertiary/aromatic N) is 5. The van der Waals surface area contributed by atoms with Crippen molar-refractivity contribution in [2.24, 2.45) is 5.73 Å². The first-order valence-electron chi connectivity index (χ1n) is 10.5. The van der Waals surface area contributed by atoms with Crippen molar-refractivity contribution < 1.29 is 4.79 Å². The standard InChI is InChI=1S/C22H25N7O/c1-12-18(25-19(20(23)30)13(2)24-12)16-3-4-17-15(11-16)7-10-22(17)8-5-14(6-9-22)21-26-28-29-27-21/h3-4,11,14H,5-10H2,1-2H3,(H2,23,30)(H,26,27,28,29). The van der Waals surface area contributed by atoms with Crippen molar-refractivity contribution in [1.82, 2.24) is 30.6 Å². The Bertz CT molecular complexity index is 1110. The third-order valence-corrected chi connectivity index (χ3v) is 6.97. The highest BCUT2D eigenvalue weighted by Crippen LogP contribution is 2.51. The summed E-state index contributed by atoms with van der Waals surface area (Å²) in [5.74, 6) is 0.701. The summed E-state index contributed by atoms with van der Waals surface area (Å²) in [6.07, 6.45) is 6.71. The fourth-order valence-electron chi connectivity index (χ4n) is 5.40. The molecule has 2 aromatic heterocycles. The highest BCUT2D eigenvalue weighted by molar-refractivity contribution is 5.92. The molecule has 1 fully saturated rings. The first-order valence-corrected chi connectivity index (χ1v) is 10.5. The van der Waals surface area contributed by atoms with Gasteiger partial charge in [0.05, 0.1) is 17.1 Å². The fourth-order valence-corrected chi connectivity index (χ4v) is 5.40. The first kappa shape index (κ1) is 18.8. The molecule has 3 N–H and O–H groups in total. The van der Waals surface area contributed by atoms with E-state index < -0.39 is 5.91 Å². The number of carbonyl (C=O) groups is 1. The lowest BCUT2D eigenvalue weighted by Crippen LogP contribution is -2.29. The van der Waals surface area contributed by atoms with E-state index in [2.05, 4.69) is 48.8 Å². The summed E-state index contributed by atoms with van der Waals surface area (Å²) < 4.78 is 0. The predicted molar refractivity (Wildman–Crippen MR) is 111 cm³/mol. The predicted octanol–water partition coefficient (Wildman–Crippen LogP) is 2.91. The molecule has 2 heterocycles. The number of primary amides is 1. The van der Waals surface area contributed by atoms with Crippen LogP contribution in [-0.2, 0) is 11.8 Å². The van der Waals surface area contributed by atoms with Gasteiger partial charge in [0.15, 0.2) is 5.82 Å². The molecule has 0 aliphatic heterocycles. The van der Waals surface area contributed by atoms with Crippen molar-refractivity contribution in [2.45, 2.75) is 63.7 Å². The number of fused-ring (bicyclic) bond motifs is 2. The number of hydrogen-bond acceptors (Lipinski definition) is 6. The lowest BCUT2D eigenvalue weighted by atomic mass is 9.67. The summed E-state index contributed by atoms with van der Waals surface area (Å²) >= 11 is 0. The van der Waals surface area contributed by atoms with Crippen LogP contribution >= 0.6 is 0 Å². The van der Waals surface area contributed by atoms with Gasteiger partial charge in [-0.05, 0) is 75.0 Å². The number of carbonyl (C=O) groups excluding carboxylic acids is 1. The molecule has 0 unspecified atom stereocenters. The Labute approximate surface area is 174 Å². The van der Waals surface area contributed by atoms with Crippen LogP contribution in [0.1, 0.15) is 76.8 Å². The molecule has 0 bridgehead atoms. The summed E-state index contributed by atoms with van der Waals surface area (Å²) in [5, 5.41) is 14.7. The zero-order chi connectivity index (χ0) is 20.9. The summed E-state index contributed by atoms with van der Waals surface area (Å²) in [6, 6.07) is 6.61. The van der Waals surface area contributed by atoms with Crippen molar-refractivity contribution in [3.63, 3.8) is 0 Å². The van der Waals surface area contributed by atoms with Gasteiger partial charge >= 0.3 is 0 Å². The Morgan fingerprint density at radius 3 is 2.63 bits per heavy atom. The molecule has 8 nitrogen and oxygen atoms in total. The van der Waals surface area contributed by atoms with E-state index in [1.807, 2.05) is 6.92 Å². The number of tetrazole rings is 1. The Morgan fingerprint density at radius 2 is 1.93 bits per heavy atom. The normalized spacial score (nSPS) is 22.9. The maximum absolute atomic E-state index is 11.7. The van der Waals surface area contributed by atoms with Crippen molar-refractivity contribution >= 4 is 5.91 Å². The zero-order valence-corrected chi connectivity index (χ0v) is 17.3. The van der Waals surface area contributed by atoms with Crippen LogP contribution in [0.4, 0.5) is 0 Å². The van der Waals surface area contributed by atoms with E-state index in [1.165, 1.54) is 17.5 Å². The number of nitrogens with two attached hydrogens (primary N) is 1. The van der Waals surface area contributed by atoms with Gasteiger partial charge in [0.1, 0.15) is 5.69 Å². The molecular formula is C22H25N7O. The summed E-state index contributed by atoms with van der Waals surface area (Å²) in [6.45, 7) is 3.69. The van der Waals surface area contributed by atoms with Crippen molar-refractivity contribution in [3.8, 4) is 11.3 Å². The summed E-state index contributed by atoms with van der Waals surface area (Å²) in [7, 11) is 0. The highest BCUT2D eigenvalue weighted by Gasteiger charge is 2.42. The van der Waals surface area contributed by atoms with Crippen LogP contribution in [0.2, 0.25) is 0 Å². The average Bonchev–Trinajstić information content (AvgIpc) is 3.38. The summed E-state index contributed by atoms with van der Waals surface area (Å²) in [5.41, 5.74) is 11.9. The van der Waals surface area contributed by atoms with Crippen LogP contribution < -0.4 is 5.73 Å². The topological polar surface area (TPSA) is 123 Å². The van der Waals surface area contributed by atoms with Crippen molar-refractivity contribution in [1.29, 1.82) is 0 Å². The second-order valence-electron chi connectivity index (χ2n) is 8.65. The molecule has 0 radical (unpaired) electrons. The fraction of sp³-hybridized carbons (Fsp3) is 0.455. The molecule has 5 rings (SSSR count). The molecule has 0 saturated heterocycles. The Kier molecular flexibility index (Phi) is 4.38. The smallest absolute Gasteiger partial charge is 0.269 e.